The minimum Gasteiger partial charge on any atom is -0.304 e. The number of aryl methyl sites for hydroxylation is 2. The van der Waals surface area contributed by atoms with Crippen LogP contribution in [0.3, 0.4) is 0 Å². The van der Waals surface area contributed by atoms with Crippen LogP contribution >= 0.6 is 0 Å². The van der Waals surface area contributed by atoms with Gasteiger partial charge in [-0.15, -0.1) is 0 Å². The second-order valence-electron chi connectivity index (χ2n) is 6.34. The third-order valence-electron chi connectivity index (χ3n) is 4.41. The van der Waals surface area contributed by atoms with Gasteiger partial charge in [0.25, 0.3) is 5.91 Å². The number of aromatic amines is 1. The predicted octanol–water partition coefficient (Wildman–Crippen LogP) is 2.97. The number of rotatable bonds is 3. The first-order valence-electron chi connectivity index (χ1n) is 8.10. The van der Waals surface area contributed by atoms with Crippen molar-refractivity contribution in [2.45, 2.75) is 32.6 Å². The highest BCUT2D eigenvalue weighted by Crippen LogP contribution is 2.40. The van der Waals surface area contributed by atoms with Gasteiger partial charge in [0.2, 0.25) is 0 Å². The van der Waals surface area contributed by atoms with Crippen LogP contribution in [0.25, 0.3) is 10.9 Å². The largest absolute Gasteiger partial charge is 0.304 e. The molecule has 1 amide bonds. The molecule has 0 unspecified atom stereocenters. The third-order valence-corrected chi connectivity index (χ3v) is 4.41. The van der Waals surface area contributed by atoms with Crippen molar-refractivity contribution in [3.63, 3.8) is 0 Å². The Morgan fingerprint density at radius 3 is 2.88 bits per heavy atom. The molecule has 3 aromatic rings. The molecule has 0 saturated heterocycles. The van der Waals surface area contributed by atoms with Gasteiger partial charge in [0, 0.05) is 17.5 Å². The zero-order valence-corrected chi connectivity index (χ0v) is 13.9. The molecule has 1 fully saturated rings. The van der Waals surface area contributed by atoms with Crippen LogP contribution in [-0.4, -0.2) is 26.1 Å². The molecule has 0 aliphatic heterocycles. The molecule has 1 saturated carbocycles. The van der Waals surface area contributed by atoms with E-state index in [0.717, 1.165) is 29.5 Å². The van der Waals surface area contributed by atoms with Crippen molar-refractivity contribution >= 4 is 22.6 Å². The lowest BCUT2D eigenvalue weighted by Crippen LogP contribution is -2.16. The van der Waals surface area contributed by atoms with Gasteiger partial charge < -0.3 is 5.32 Å². The van der Waals surface area contributed by atoms with Crippen molar-refractivity contribution in [1.29, 1.82) is 5.26 Å². The molecular weight excluding hydrogens is 316 g/mol. The fourth-order valence-electron chi connectivity index (χ4n) is 2.89. The summed E-state index contributed by atoms with van der Waals surface area (Å²) in [5, 5.41) is 19.8. The average molecular weight is 332 g/mol. The van der Waals surface area contributed by atoms with E-state index in [1.165, 1.54) is 0 Å². The van der Waals surface area contributed by atoms with E-state index in [0.29, 0.717) is 34.2 Å². The number of nitrogens with zero attached hydrogens (tertiary/aromatic N) is 4. The number of fused-ring (bicyclic) bond motifs is 1. The van der Waals surface area contributed by atoms with Gasteiger partial charge in [0.15, 0.2) is 5.82 Å². The first-order valence-corrected chi connectivity index (χ1v) is 8.10. The van der Waals surface area contributed by atoms with Crippen LogP contribution in [-0.2, 0) is 0 Å². The van der Waals surface area contributed by atoms with E-state index in [1.54, 1.807) is 12.3 Å². The highest BCUT2D eigenvalue weighted by molar-refractivity contribution is 6.08. The SMILES string of the molecule is Cc1ncc(C(=O)Nc2n[nH]c3cc(C#N)c(C)cc23)c(C2CC2)n1. The van der Waals surface area contributed by atoms with Crippen molar-refractivity contribution in [2.75, 3.05) is 5.32 Å². The summed E-state index contributed by atoms with van der Waals surface area (Å²) < 4.78 is 0. The van der Waals surface area contributed by atoms with Gasteiger partial charge in [0.05, 0.1) is 28.4 Å². The Hall–Kier alpha value is -3.27. The van der Waals surface area contributed by atoms with Gasteiger partial charge in [-0.25, -0.2) is 9.97 Å². The van der Waals surface area contributed by atoms with Crippen LogP contribution in [0.2, 0.25) is 0 Å². The van der Waals surface area contributed by atoms with E-state index in [9.17, 15) is 4.79 Å². The summed E-state index contributed by atoms with van der Waals surface area (Å²) in [4.78, 5) is 21.3. The number of anilines is 1. The maximum atomic E-state index is 12.7. The van der Waals surface area contributed by atoms with E-state index in [4.69, 9.17) is 5.26 Å². The molecule has 124 valence electrons. The van der Waals surface area contributed by atoms with Crippen molar-refractivity contribution in [3.05, 3.63) is 46.5 Å². The van der Waals surface area contributed by atoms with E-state index >= 15 is 0 Å². The van der Waals surface area contributed by atoms with Crippen molar-refractivity contribution in [3.8, 4) is 6.07 Å². The molecule has 7 heteroatoms. The molecule has 2 N–H and O–H groups in total. The molecule has 1 aromatic carbocycles. The van der Waals surface area contributed by atoms with Gasteiger partial charge in [-0.05, 0) is 44.4 Å². The van der Waals surface area contributed by atoms with Crippen molar-refractivity contribution in [1.82, 2.24) is 20.2 Å². The molecule has 7 nitrogen and oxygen atoms in total. The lowest BCUT2D eigenvalue weighted by Gasteiger charge is -2.08. The summed E-state index contributed by atoms with van der Waals surface area (Å²) in [7, 11) is 0. The summed E-state index contributed by atoms with van der Waals surface area (Å²) in [6.07, 6.45) is 3.69. The minimum absolute atomic E-state index is 0.266. The molecular formula is C18H16N6O. The topological polar surface area (TPSA) is 107 Å². The second kappa shape index (κ2) is 5.67. The molecule has 1 aliphatic rings. The first-order chi connectivity index (χ1) is 12.1. The number of amides is 1. The Kier molecular flexibility index (Phi) is 3.46. The zero-order valence-electron chi connectivity index (χ0n) is 13.9. The predicted molar refractivity (Wildman–Crippen MR) is 92.2 cm³/mol. The van der Waals surface area contributed by atoms with Gasteiger partial charge in [0.1, 0.15) is 5.82 Å². The second-order valence-corrected chi connectivity index (χ2v) is 6.34. The van der Waals surface area contributed by atoms with E-state index in [-0.39, 0.29) is 5.91 Å². The Bertz CT molecular complexity index is 1040. The Labute approximate surface area is 144 Å². The highest BCUT2D eigenvalue weighted by atomic mass is 16.1. The number of carbonyl (C=O) groups is 1. The lowest BCUT2D eigenvalue weighted by atomic mass is 10.1. The van der Waals surface area contributed by atoms with Gasteiger partial charge in [-0.1, -0.05) is 0 Å². The average Bonchev–Trinajstić information content (AvgIpc) is 3.38. The Balaban J connectivity index is 1.69. The number of nitriles is 1. The zero-order chi connectivity index (χ0) is 17.6. The lowest BCUT2D eigenvalue weighted by molar-refractivity contribution is 0.102. The van der Waals surface area contributed by atoms with E-state index in [2.05, 4.69) is 31.6 Å². The van der Waals surface area contributed by atoms with Gasteiger partial charge in [-0.2, -0.15) is 10.4 Å². The monoisotopic (exact) mass is 332 g/mol. The summed E-state index contributed by atoms with van der Waals surface area (Å²) in [6.45, 7) is 3.68. The molecule has 4 rings (SSSR count). The van der Waals surface area contributed by atoms with Crippen LogP contribution in [0.15, 0.2) is 18.3 Å². The number of H-pyrrole nitrogens is 1. The van der Waals surface area contributed by atoms with Crippen LogP contribution in [0.5, 0.6) is 0 Å². The summed E-state index contributed by atoms with van der Waals surface area (Å²) in [5.74, 6) is 1.19. The number of aromatic nitrogens is 4. The Morgan fingerprint density at radius 2 is 2.16 bits per heavy atom. The van der Waals surface area contributed by atoms with Gasteiger partial charge >= 0.3 is 0 Å². The molecule has 0 radical (unpaired) electrons. The van der Waals surface area contributed by atoms with Crippen LogP contribution < -0.4 is 5.32 Å². The van der Waals surface area contributed by atoms with Gasteiger partial charge in [-0.3, -0.25) is 9.89 Å². The van der Waals surface area contributed by atoms with Crippen molar-refractivity contribution < 1.29 is 4.79 Å². The maximum absolute atomic E-state index is 12.7. The number of hydrogen-bond donors (Lipinski definition) is 2. The van der Waals surface area contributed by atoms with Crippen LogP contribution in [0.1, 0.15) is 51.8 Å². The summed E-state index contributed by atoms with van der Waals surface area (Å²) in [6, 6.07) is 5.73. The summed E-state index contributed by atoms with van der Waals surface area (Å²) >= 11 is 0. The van der Waals surface area contributed by atoms with Crippen LogP contribution in [0.4, 0.5) is 5.82 Å². The molecule has 25 heavy (non-hydrogen) atoms. The number of carbonyl (C=O) groups excluding carboxylic acids is 1. The first kappa shape index (κ1) is 15.3. The van der Waals surface area contributed by atoms with E-state index < -0.39 is 0 Å². The normalized spacial score (nSPS) is 13.6. The quantitative estimate of drug-likeness (QED) is 0.766. The Morgan fingerprint density at radius 1 is 1.36 bits per heavy atom. The molecule has 0 bridgehead atoms. The smallest absolute Gasteiger partial charge is 0.260 e. The van der Waals surface area contributed by atoms with E-state index in [1.807, 2.05) is 19.9 Å². The number of hydrogen-bond acceptors (Lipinski definition) is 5. The molecule has 2 heterocycles. The standard InChI is InChI=1S/C18H16N6O/c1-9-5-13-15(6-12(9)7-19)23-24-17(13)22-18(25)14-8-20-10(2)21-16(14)11-3-4-11/h5-6,8,11H,3-4H2,1-2H3,(H2,22,23,24,25). The fourth-order valence-corrected chi connectivity index (χ4v) is 2.89. The highest BCUT2D eigenvalue weighted by Gasteiger charge is 2.30. The van der Waals surface area contributed by atoms with Crippen molar-refractivity contribution in [2.24, 2.45) is 0 Å². The molecule has 2 aromatic heterocycles. The molecule has 0 atom stereocenters. The third kappa shape index (κ3) is 2.72. The maximum Gasteiger partial charge on any atom is 0.260 e. The minimum atomic E-state index is -0.266. The number of nitrogens with one attached hydrogen (secondary N) is 2. The summed E-state index contributed by atoms with van der Waals surface area (Å²) in [5.41, 5.74) is 3.43. The fraction of sp³-hybridized carbons (Fsp3) is 0.278. The molecule has 1 aliphatic carbocycles. The number of benzene rings is 1. The molecule has 0 spiro atoms. The van der Waals surface area contributed by atoms with Crippen LogP contribution in [0, 0.1) is 25.2 Å².